The lowest BCUT2D eigenvalue weighted by Gasteiger charge is -2.17. The number of anilines is 1. The van der Waals surface area contributed by atoms with Gasteiger partial charge < -0.3 is 5.32 Å². The lowest BCUT2D eigenvalue weighted by molar-refractivity contribution is -0.113. The van der Waals surface area contributed by atoms with Crippen molar-refractivity contribution in [1.29, 1.82) is 0 Å². The minimum Gasteiger partial charge on any atom is -0.323 e. The second kappa shape index (κ2) is 9.97. The number of rotatable bonds is 7. The van der Waals surface area contributed by atoms with Gasteiger partial charge in [0.25, 0.3) is 5.56 Å². The number of nitrogens with one attached hydrogen (secondary N) is 1. The quantitative estimate of drug-likeness (QED) is 0.228. The van der Waals surface area contributed by atoms with E-state index in [2.05, 4.69) is 17.2 Å². The number of amides is 1. The number of pyridine rings is 1. The minimum atomic E-state index is -0.503. The van der Waals surface area contributed by atoms with E-state index in [0.29, 0.717) is 21.9 Å². The molecule has 0 aliphatic heterocycles. The van der Waals surface area contributed by atoms with Gasteiger partial charge in [-0.15, -0.1) is 11.3 Å². The smallest absolute Gasteiger partial charge is 0.272 e. The van der Waals surface area contributed by atoms with E-state index in [1.807, 2.05) is 42.5 Å². The van der Waals surface area contributed by atoms with E-state index >= 15 is 0 Å². The van der Waals surface area contributed by atoms with Crippen LogP contribution in [-0.2, 0) is 11.3 Å². The third-order valence-electron chi connectivity index (χ3n) is 5.62. The van der Waals surface area contributed by atoms with Gasteiger partial charge in [-0.05, 0) is 35.7 Å². The standard InChI is InChI=1S/C26H21FN4O2S2/c1-16(17-8-3-2-4-9-17)14-31-25(33)23-22(18-10-7-13-28-24(18)35-23)30-26(31)34-15-21(32)29-20-12-6-5-11-19(20)27/h2-13,16H,14-15H2,1H3,(H,29,32)/t16-/m0/s1. The summed E-state index contributed by atoms with van der Waals surface area (Å²) in [5.74, 6) is -0.857. The van der Waals surface area contributed by atoms with Gasteiger partial charge in [0, 0.05) is 18.1 Å². The van der Waals surface area contributed by atoms with Gasteiger partial charge in [-0.25, -0.2) is 14.4 Å². The van der Waals surface area contributed by atoms with Crippen molar-refractivity contribution in [3.05, 3.63) is 94.7 Å². The van der Waals surface area contributed by atoms with Crippen LogP contribution in [0.2, 0.25) is 0 Å². The Bertz CT molecular complexity index is 1580. The number of benzene rings is 2. The fraction of sp³-hybridized carbons (Fsp3) is 0.154. The number of aromatic nitrogens is 3. The number of fused-ring (bicyclic) bond motifs is 3. The SMILES string of the molecule is C[C@@H](Cn1c(SCC(=O)Nc2ccccc2F)nc2c(sc3ncccc32)c1=O)c1ccccc1. The lowest BCUT2D eigenvalue weighted by atomic mass is 10.0. The van der Waals surface area contributed by atoms with Gasteiger partial charge in [-0.3, -0.25) is 14.2 Å². The number of para-hydroxylation sites is 1. The van der Waals surface area contributed by atoms with Crippen molar-refractivity contribution in [2.75, 3.05) is 11.1 Å². The van der Waals surface area contributed by atoms with Gasteiger partial charge in [0.15, 0.2) is 5.16 Å². The first-order valence-corrected chi connectivity index (χ1v) is 12.8. The molecule has 0 fully saturated rings. The molecular formula is C26H21FN4O2S2. The molecule has 0 bridgehead atoms. The van der Waals surface area contributed by atoms with Crippen molar-refractivity contribution < 1.29 is 9.18 Å². The summed E-state index contributed by atoms with van der Waals surface area (Å²) in [6.07, 6.45) is 1.69. The zero-order chi connectivity index (χ0) is 24.4. The molecule has 0 radical (unpaired) electrons. The molecule has 35 heavy (non-hydrogen) atoms. The van der Waals surface area contributed by atoms with Gasteiger partial charge in [-0.2, -0.15) is 0 Å². The second-order valence-electron chi connectivity index (χ2n) is 8.07. The van der Waals surface area contributed by atoms with Gasteiger partial charge in [0.2, 0.25) is 5.91 Å². The van der Waals surface area contributed by atoms with E-state index in [0.717, 1.165) is 27.5 Å². The normalized spacial score (nSPS) is 12.2. The van der Waals surface area contributed by atoms with Crippen LogP contribution in [0.3, 0.4) is 0 Å². The molecule has 0 saturated heterocycles. The van der Waals surface area contributed by atoms with Crippen molar-refractivity contribution in [2.45, 2.75) is 24.5 Å². The Labute approximate surface area is 208 Å². The summed E-state index contributed by atoms with van der Waals surface area (Å²) < 4.78 is 16.1. The Balaban J connectivity index is 1.50. The number of hydrogen-bond donors (Lipinski definition) is 1. The highest BCUT2D eigenvalue weighted by atomic mass is 32.2. The fourth-order valence-corrected chi connectivity index (χ4v) is 5.68. The molecular weight excluding hydrogens is 483 g/mol. The Hall–Kier alpha value is -3.56. The topological polar surface area (TPSA) is 76.9 Å². The molecule has 2 aromatic carbocycles. The van der Waals surface area contributed by atoms with Crippen LogP contribution in [-0.4, -0.2) is 26.2 Å². The van der Waals surface area contributed by atoms with Crippen molar-refractivity contribution in [2.24, 2.45) is 0 Å². The summed E-state index contributed by atoms with van der Waals surface area (Å²) in [6, 6.07) is 19.7. The molecule has 1 atom stereocenters. The summed E-state index contributed by atoms with van der Waals surface area (Å²) in [7, 11) is 0. The van der Waals surface area contributed by atoms with Gasteiger partial charge in [0.1, 0.15) is 15.3 Å². The van der Waals surface area contributed by atoms with Crippen LogP contribution in [0.1, 0.15) is 18.4 Å². The molecule has 176 valence electrons. The third kappa shape index (κ3) is 4.82. The highest BCUT2D eigenvalue weighted by molar-refractivity contribution is 7.99. The maximum Gasteiger partial charge on any atom is 0.272 e. The summed E-state index contributed by atoms with van der Waals surface area (Å²) in [6.45, 7) is 2.46. The molecule has 0 aliphatic carbocycles. The van der Waals surface area contributed by atoms with E-state index in [4.69, 9.17) is 4.98 Å². The molecule has 0 aliphatic rings. The molecule has 3 aromatic heterocycles. The van der Waals surface area contributed by atoms with Crippen LogP contribution >= 0.6 is 23.1 Å². The number of thioether (sulfide) groups is 1. The van der Waals surface area contributed by atoms with Crippen LogP contribution < -0.4 is 10.9 Å². The third-order valence-corrected chi connectivity index (χ3v) is 7.69. The second-order valence-corrected chi connectivity index (χ2v) is 10.0. The first-order valence-electron chi connectivity index (χ1n) is 11.0. The first kappa shape index (κ1) is 23.2. The van der Waals surface area contributed by atoms with Crippen LogP contribution in [0.5, 0.6) is 0 Å². The Morgan fingerprint density at radius 1 is 1.11 bits per heavy atom. The Morgan fingerprint density at radius 2 is 1.89 bits per heavy atom. The molecule has 0 spiro atoms. The highest BCUT2D eigenvalue weighted by Crippen LogP contribution is 2.31. The molecule has 5 rings (SSSR count). The molecule has 1 amide bonds. The van der Waals surface area contributed by atoms with Crippen molar-refractivity contribution in [3.8, 4) is 0 Å². The summed E-state index contributed by atoms with van der Waals surface area (Å²) in [4.78, 5) is 36.1. The lowest BCUT2D eigenvalue weighted by Crippen LogP contribution is -2.25. The van der Waals surface area contributed by atoms with E-state index in [9.17, 15) is 14.0 Å². The Kier molecular flexibility index (Phi) is 6.61. The highest BCUT2D eigenvalue weighted by Gasteiger charge is 2.20. The van der Waals surface area contributed by atoms with Crippen molar-refractivity contribution in [1.82, 2.24) is 14.5 Å². The predicted molar refractivity (Wildman–Crippen MR) is 140 cm³/mol. The molecule has 0 unspecified atom stereocenters. The van der Waals surface area contributed by atoms with Gasteiger partial charge >= 0.3 is 0 Å². The van der Waals surface area contributed by atoms with E-state index in [1.54, 1.807) is 22.9 Å². The van der Waals surface area contributed by atoms with Gasteiger partial charge in [-0.1, -0.05) is 61.2 Å². The number of thiophene rings is 1. The summed E-state index contributed by atoms with van der Waals surface area (Å²) >= 11 is 2.48. The zero-order valence-corrected chi connectivity index (χ0v) is 20.4. The fourth-order valence-electron chi connectivity index (χ4n) is 3.85. The van der Waals surface area contributed by atoms with E-state index in [-0.39, 0.29) is 28.8 Å². The molecule has 1 N–H and O–H groups in total. The molecule has 9 heteroatoms. The molecule has 0 saturated carbocycles. The summed E-state index contributed by atoms with van der Waals surface area (Å²) in [5, 5.41) is 3.84. The first-order chi connectivity index (χ1) is 17.0. The predicted octanol–water partition coefficient (Wildman–Crippen LogP) is 5.68. The minimum absolute atomic E-state index is 0.0215. The monoisotopic (exact) mass is 504 g/mol. The molecule has 3 heterocycles. The zero-order valence-electron chi connectivity index (χ0n) is 18.8. The number of nitrogens with zero attached hydrogens (tertiary/aromatic N) is 3. The van der Waals surface area contributed by atoms with Crippen LogP contribution in [0.25, 0.3) is 20.4 Å². The Morgan fingerprint density at radius 3 is 2.69 bits per heavy atom. The number of carbonyl (C=O) groups is 1. The summed E-state index contributed by atoms with van der Waals surface area (Å²) in [5.41, 5.74) is 1.65. The van der Waals surface area contributed by atoms with Crippen LogP contribution in [0, 0.1) is 5.82 Å². The number of hydrogen-bond acceptors (Lipinski definition) is 6. The van der Waals surface area contributed by atoms with Crippen LogP contribution in [0.15, 0.2) is 82.9 Å². The number of halogens is 1. The average molecular weight is 505 g/mol. The van der Waals surface area contributed by atoms with E-state index < -0.39 is 5.82 Å². The molecule has 5 aromatic rings. The number of carbonyl (C=O) groups excluding carboxylic acids is 1. The van der Waals surface area contributed by atoms with Crippen molar-refractivity contribution >= 4 is 55.1 Å². The maximum absolute atomic E-state index is 13.9. The van der Waals surface area contributed by atoms with Crippen molar-refractivity contribution in [3.63, 3.8) is 0 Å². The van der Waals surface area contributed by atoms with E-state index in [1.165, 1.54) is 23.5 Å². The largest absolute Gasteiger partial charge is 0.323 e. The molecule has 6 nitrogen and oxygen atoms in total. The maximum atomic E-state index is 13.9. The van der Waals surface area contributed by atoms with Gasteiger partial charge in [0.05, 0.1) is 17.0 Å². The van der Waals surface area contributed by atoms with Crippen LogP contribution in [0.4, 0.5) is 10.1 Å². The average Bonchev–Trinajstić information content (AvgIpc) is 3.25.